The number of aryl methyl sites for hydroxylation is 1. The van der Waals surface area contributed by atoms with E-state index in [4.69, 9.17) is 11.6 Å². The van der Waals surface area contributed by atoms with Crippen molar-refractivity contribution in [2.75, 3.05) is 19.6 Å². The highest BCUT2D eigenvalue weighted by Gasteiger charge is 2.25. The highest BCUT2D eigenvalue weighted by atomic mass is 35.5. The van der Waals surface area contributed by atoms with Gasteiger partial charge >= 0.3 is 0 Å². The second kappa shape index (κ2) is 9.26. The minimum Gasteiger partial charge on any atom is -0.352 e. The molecule has 1 saturated heterocycles. The molecule has 2 aromatic heterocycles. The molecule has 1 aromatic carbocycles. The van der Waals surface area contributed by atoms with Crippen LogP contribution in [0.3, 0.4) is 0 Å². The molecule has 0 unspecified atom stereocenters. The number of benzene rings is 1. The van der Waals surface area contributed by atoms with E-state index < -0.39 is 0 Å². The maximum atomic E-state index is 13.1. The van der Waals surface area contributed by atoms with Gasteiger partial charge in [-0.2, -0.15) is 5.10 Å². The van der Waals surface area contributed by atoms with Crippen LogP contribution >= 0.6 is 11.6 Å². The number of amides is 2. The molecule has 0 spiro atoms. The van der Waals surface area contributed by atoms with Crippen LogP contribution < -0.4 is 5.32 Å². The Hall–Kier alpha value is -3.26. The topological polar surface area (TPSA) is 93.0 Å². The summed E-state index contributed by atoms with van der Waals surface area (Å²) >= 11 is 6.04. The number of likely N-dealkylation sites (tertiary alicyclic amines) is 1. The van der Waals surface area contributed by atoms with Gasteiger partial charge < -0.3 is 10.2 Å². The Morgan fingerprint density at radius 2 is 2.13 bits per heavy atom. The fourth-order valence-electron chi connectivity index (χ4n) is 3.87. The lowest BCUT2D eigenvalue weighted by atomic mass is 9.97. The van der Waals surface area contributed by atoms with Gasteiger partial charge in [0, 0.05) is 37.6 Å². The zero-order valence-electron chi connectivity index (χ0n) is 17.2. The van der Waals surface area contributed by atoms with E-state index in [1.807, 2.05) is 30.0 Å². The summed E-state index contributed by atoms with van der Waals surface area (Å²) in [6, 6.07) is 7.19. The quantitative estimate of drug-likeness (QED) is 0.661. The van der Waals surface area contributed by atoms with E-state index in [9.17, 15) is 9.59 Å². The van der Waals surface area contributed by atoms with Crippen LogP contribution in [0.4, 0.5) is 0 Å². The summed E-state index contributed by atoms with van der Waals surface area (Å²) in [5.41, 5.74) is 2.90. The first kappa shape index (κ1) is 21.0. The maximum absolute atomic E-state index is 13.1. The Morgan fingerprint density at radius 3 is 2.87 bits per heavy atom. The highest BCUT2D eigenvalue weighted by Crippen LogP contribution is 2.21. The third kappa shape index (κ3) is 4.74. The smallest absolute Gasteiger partial charge is 0.253 e. The molecular weight excluding hydrogens is 416 g/mol. The van der Waals surface area contributed by atoms with Crippen molar-refractivity contribution in [3.63, 3.8) is 0 Å². The van der Waals surface area contributed by atoms with Gasteiger partial charge in [-0.05, 0) is 55.5 Å². The summed E-state index contributed by atoms with van der Waals surface area (Å²) in [4.78, 5) is 35.2. The van der Waals surface area contributed by atoms with E-state index in [0.717, 1.165) is 24.1 Å². The first-order chi connectivity index (χ1) is 15.0. The standard InChI is InChI=1S/C22H23ClN6O2/c1-15-9-17(4-5-20(15)29-14-25-13-27-29)22(31)28-8-2-3-16(12-28)10-26-21(30)18-6-7-24-11-19(18)23/h4-7,9,11,13-14,16H,2-3,8,10,12H2,1H3,(H,26,30)/t16-/m0/s1. The summed E-state index contributed by atoms with van der Waals surface area (Å²) in [7, 11) is 0. The molecule has 1 atom stereocenters. The van der Waals surface area contributed by atoms with Gasteiger partial charge in [0.25, 0.3) is 11.8 Å². The average molecular weight is 439 g/mol. The van der Waals surface area contributed by atoms with Crippen LogP contribution in [0, 0.1) is 12.8 Å². The van der Waals surface area contributed by atoms with Crippen LogP contribution in [0.2, 0.25) is 5.02 Å². The molecule has 31 heavy (non-hydrogen) atoms. The minimum atomic E-state index is -0.227. The van der Waals surface area contributed by atoms with Crippen molar-refractivity contribution >= 4 is 23.4 Å². The molecule has 0 radical (unpaired) electrons. The van der Waals surface area contributed by atoms with Crippen molar-refractivity contribution < 1.29 is 9.59 Å². The molecule has 3 heterocycles. The Balaban J connectivity index is 1.38. The normalized spacial score (nSPS) is 16.2. The van der Waals surface area contributed by atoms with Crippen molar-refractivity contribution in [1.29, 1.82) is 0 Å². The van der Waals surface area contributed by atoms with E-state index >= 15 is 0 Å². The predicted molar refractivity (Wildman–Crippen MR) is 116 cm³/mol. The number of piperidine rings is 1. The Labute approximate surface area is 185 Å². The van der Waals surface area contributed by atoms with Crippen LogP contribution in [0.1, 0.15) is 39.1 Å². The largest absolute Gasteiger partial charge is 0.352 e. The third-order valence-corrected chi connectivity index (χ3v) is 5.79. The molecule has 1 N–H and O–H groups in total. The lowest BCUT2D eigenvalue weighted by Gasteiger charge is -2.33. The van der Waals surface area contributed by atoms with Gasteiger partial charge in [-0.1, -0.05) is 11.6 Å². The van der Waals surface area contributed by atoms with Gasteiger partial charge in [-0.3, -0.25) is 14.6 Å². The number of rotatable bonds is 5. The fraction of sp³-hybridized carbons (Fsp3) is 0.318. The SMILES string of the molecule is Cc1cc(C(=O)N2CCC[C@@H](CNC(=O)c3ccncc3Cl)C2)ccc1-n1cncn1. The molecular formula is C22H23ClN6O2. The Morgan fingerprint density at radius 1 is 1.26 bits per heavy atom. The number of halogens is 1. The number of aromatic nitrogens is 4. The predicted octanol–water partition coefficient (Wildman–Crippen LogP) is 2.91. The molecule has 4 rings (SSSR count). The second-order valence-electron chi connectivity index (χ2n) is 7.67. The van der Waals surface area contributed by atoms with E-state index in [1.165, 1.54) is 18.7 Å². The second-order valence-corrected chi connectivity index (χ2v) is 8.07. The molecule has 0 saturated carbocycles. The van der Waals surface area contributed by atoms with Gasteiger partial charge in [0.05, 0.1) is 16.3 Å². The fourth-order valence-corrected chi connectivity index (χ4v) is 4.07. The van der Waals surface area contributed by atoms with Gasteiger partial charge in [-0.25, -0.2) is 9.67 Å². The average Bonchev–Trinajstić information content (AvgIpc) is 3.32. The van der Waals surface area contributed by atoms with Crippen LogP contribution in [0.5, 0.6) is 0 Å². The Bertz CT molecular complexity index is 1090. The number of carbonyl (C=O) groups excluding carboxylic acids is 2. The summed E-state index contributed by atoms with van der Waals surface area (Å²) in [6.07, 6.45) is 7.96. The molecule has 160 valence electrons. The van der Waals surface area contributed by atoms with Crippen molar-refractivity contribution in [3.05, 3.63) is 71.0 Å². The monoisotopic (exact) mass is 438 g/mol. The molecule has 3 aromatic rings. The minimum absolute atomic E-state index is 0.00134. The van der Waals surface area contributed by atoms with Crippen molar-refractivity contribution in [2.24, 2.45) is 5.92 Å². The number of carbonyl (C=O) groups is 2. The molecule has 8 nitrogen and oxygen atoms in total. The van der Waals surface area contributed by atoms with E-state index in [-0.39, 0.29) is 17.7 Å². The number of nitrogens with one attached hydrogen (secondary N) is 1. The van der Waals surface area contributed by atoms with Crippen molar-refractivity contribution in [3.8, 4) is 5.69 Å². The van der Waals surface area contributed by atoms with E-state index in [1.54, 1.807) is 17.1 Å². The molecule has 9 heteroatoms. The Kier molecular flexibility index (Phi) is 6.27. The first-order valence-electron chi connectivity index (χ1n) is 10.2. The molecule has 1 aliphatic rings. The number of nitrogens with zero attached hydrogens (tertiary/aromatic N) is 5. The van der Waals surface area contributed by atoms with Crippen LogP contribution in [-0.4, -0.2) is 56.1 Å². The summed E-state index contributed by atoms with van der Waals surface area (Å²) in [5.74, 6) is -0.0330. The molecule has 0 aliphatic carbocycles. The lowest BCUT2D eigenvalue weighted by Crippen LogP contribution is -2.43. The molecule has 2 amide bonds. The number of hydrogen-bond acceptors (Lipinski definition) is 5. The summed E-state index contributed by atoms with van der Waals surface area (Å²) < 4.78 is 1.68. The van der Waals surface area contributed by atoms with Gasteiger partial charge in [0.2, 0.25) is 0 Å². The van der Waals surface area contributed by atoms with Gasteiger partial charge in [-0.15, -0.1) is 0 Å². The maximum Gasteiger partial charge on any atom is 0.253 e. The van der Waals surface area contributed by atoms with E-state index in [2.05, 4.69) is 20.4 Å². The summed E-state index contributed by atoms with van der Waals surface area (Å²) in [6.45, 7) is 3.76. The van der Waals surface area contributed by atoms with Crippen LogP contribution in [0.25, 0.3) is 5.69 Å². The number of hydrogen-bond donors (Lipinski definition) is 1. The van der Waals surface area contributed by atoms with Crippen molar-refractivity contribution in [1.82, 2.24) is 30.0 Å². The first-order valence-corrected chi connectivity index (χ1v) is 10.5. The molecule has 1 aliphatic heterocycles. The molecule has 1 fully saturated rings. The zero-order chi connectivity index (χ0) is 21.8. The highest BCUT2D eigenvalue weighted by molar-refractivity contribution is 6.33. The van der Waals surface area contributed by atoms with Gasteiger partial charge in [0.1, 0.15) is 12.7 Å². The van der Waals surface area contributed by atoms with Crippen molar-refractivity contribution in [2.45, 2.75) is 19.8 Å². The van der Waals surface area contributed by atoms with Gasteiger partial charge in [0.15, 0.2) is 0 Å². The van der Waals surface area contributed by atoms with Crippen LogP contribution in [-0.2, 0) is 0 Å². The summed E-state index contributed by atoms with van der Waals surface area (Å²) in [5, 5.41) is 7.41. The third-order valence-electron chi connectivity index (χ3n) is 5.48. The van der Waals surface area contributed by atoms with Crippen LogP contribution in [0.15, 0.2) is 49.3 Å². The molecule has 0 bridgehead atoms. The lowest BCUT2D eigenvalue weighted by molar-refractivity contribution is 0.0671. The zero-order valence-corrected chi connectivity index (χ0v) is 17.9. The number of pyridine rings is 1. The van der Waals surface area contributed by atoms with E-state index in [0.29, 0.717) is 35.8 Å².